The number of aromatic nitrogens is 1. The molecule has 13 heavy (non-hydrogen) atoms. The predicted molar refractivity (Wildman–Crippen MR) is 54.2 cm³/mol. The van der Waals surface area contributed by atoms with Crippen LogP contribution in [0.1, 0.15) is 0 Å². The Balaban J connectivity index is 2.49. The first-order valence-electron chi connectivity index (χ1n) is 3.67. The van der Waals surface area contributed by atoms with E-state index in [1.807, 2.05) is 12.1 Å². The first kappa shape index (κ1) is 8.53. The third-order valence-electron chi connectivity index (χ3n) is 1.67. The summed E-state index contributed by atoms with van der Waals surface area (Å²) < 4.78 is 3.99. The summed E-state index contributed by atoms with van der Waals surface area (Å²) in [6.45, 7) is 0. The van der Waals surface area contributed by atoms with Crippen molar-refractivity contribution in [1.82, 2.24) is 4.37 Å². The Morgan fingerprint density at radius 1 is 1.31 bits per heavy atom. The maximum Gasteiger partial charge on any atom is 0.134 e. The standard InChI is InChI=1S/C9H6ClNOS/c10-7-5-6(1-2-8(7)12)9-3-4-11-13-9/h1-5,12H. The molecule has 0 bridgehead atoms. The Hall–Kier alpha value is -1.06. The van der Waals surface area contributed by atoms with Gasteiger partial charge in [-0.1, -0.05) is 11.6 Å². The van der Waals surface area contributed by atoms with Gasteiger partial charge in [-0.2, -0.15) is 0 Å². The highest BCUT2D eigenvalue weighted by Crippen LogP contribution is 2.30. The van der Waals surface area contributed by atoms with Gasteiger partial charge < -0.3 is 5.11 Å². The summed E-state index contributed by atoms with van der Waals surface area (Å²) >= 11 is 7.17. The van der Waals surface area contributed by atoms with Crippen molar-refractivity contribution in [3.8, 4) is 16.2 Å². The highest BCUT2D eigenvalue weighted by Gasteiger charge is 2.02. The molecule has 0 aliphatic carbocycles. The van der Waals surface area contributed by atoms with Crippen LogP contribution in [-0.4, -0.2) is 9.48 Å². The molecule has 0 unspecified atom stereocenters. The molecule has 1 N–H and O–H groups in total. The minimum absolute atomic E-state index is 0.106. The van der Waals surface area contributed by atoms with Crippen molar-refractivity contribution in [2.24, 2.45) is 0 Å². The van der Waals surface area contributed by atoms with Gasteiger partial charge in [0.15, 0.2) is 0 Å². The van der Waals surface area contributed by atoms with Crippen LogP contribution >= 0.6 is 23.1 Å². The largest absolute Gasteiger partial charge is 0.506 e. The van der Waals surface area contributed by atoms with Crippen molar-refractivity contribution >= 4 is 23.1 Å². The van der Waals surface area contributed by atoms with Crippen LogP contribution in [0.2, 0.25) is 5.02 Å². The highest BCUT2D eigenvalue weighted by molar-refractivity contribution is 7.09. The molecule has 0 amide bonds. The molecule has 1 aromatic heterocycles. The first-order chi connectivity index (χ1) is 6.27. The van der Waals surface area contributed by atoms with Crippen molar-refractivity contribution in [3.05, 3.63) is 35.5 Å². The molecule has 4 heteroatoms. The van der Waals surface area contributed by atoms with Crippen molar-refractivity contribution in [1.29, 1.82) is 0 Å². The summed E-state index contributed by atoms with van der Waals surface area (Å²) in [6, 6.07) is 7.03. The van der Waals surface area contributed by atoms with E-state index in [2.05, 4.69) is 4.37 Å². The van der Waals surface area contributed by atoms with Crippen LogP contribution in [-0.2, 0) is 0 Å². The number of rotatable bonds is 1. The lowest BCUT2D eigenvalue weighted by atomic mass is 10.2. The van der Waals surface area contributed by atoms with Crippen LogP contribution in [0.25, 0.3) is 10.4 Å². The molecule has 2 nitrogen and oxygen atoms in total. The minimum Gasteiger partial charge on any atom is -0.506 e. The maximum atomic E-state index is 9.20. The smallest absolute Gasteiger partial charge is 0.134 e. The van der Waals surface area contributed by atoms with E-state index in [9.17, 15) is 5.11 Å². The fourth-order valence-electron chi connectivity index (χ4n) is 1.02. The number of aromatic hydroxyl groups is 1. The molecule has 0 aliphatic rings. The molecule has 2 aromatic rings. The molecule has 0 saturated carbocycles. The Kier molecular flexibility index (Phi) is 2.20. The Labute approximate surface area is 84.6 Å². The Morgan fingerprint density at radius 2 is 2.15 bits per heavy atom. The van der Waals surface area contributed by atoms with Gasteiger partial charge in [0.25, 0.3) is 0 Å². The van der Waals surface area contributed by atoms with E-state index in [0.717, 1.165) is 10.4 Å². The molecule has 66 valence electrons. The van der Waals surface area contributed by atoms with Gasteiger partial charge in [0, 0.05) is 6.20 Å². The maximum absolute atomic E-state index is 9.20. The summed E-state index contributed by atoms with van der Waals surface area (Å²) in [6.07, 6.45) is 1.74. The number of hydrogen-bond acceptors (Lipinski definition) is 3. The van der Waals surface area contributed by atoms with Crippen LogP contribution in [0.15, 0.2) is 30.5 Å². The summed E-state index contributed by atoms with van der Waals surface area (Å²) in [7, 11) is 0. The van der Waals surface area contributed by atoms with Crippen molar-refractivity contribution < 1.29 is 5.11 Å². The molecule has 1 heterocycles. The SMILES string of the molecule is Oc1ccc(-c2ccns2)cc1Cl. The molecular weight excluding hydrogens is 206 g/mol. The highest BCUT2D eigenvalue weighted by atomic mass is 35.5. The number of benzene rings is 1. The lowest BCUT2D eigenvalue weighted by Crippen LogP contribution is -1.73. The van der Waals surface area contributed by atoms with Crippen molar-refractivity contribution in [2.45, 2.75) is 0 Å². The van der Waals surface area contributed by atoms with E-state index in [1.165, 1.54) is 11.5 Å². The second-order valence-electron chi connectivity index (χ2n) is 2.54. The molecule has 0 spiro atoms. The lowest BCUT2D eigenvalue weighted by Gasteiger charge is -1.99. The summed E-state index contributed by atoms with van der Waals surface area (Å²) in [5, 5.41) is 9.56. The lowest BCUT2D eigenvalue weighted by molar-refractivity contribution is 0.475. The van der Waals surface area contributed by atoms with Gasteiger partial charge in [-0.3, -0.25) is 0 Å². The normalized spacial score (nSPS) is 10.2. The van der Waals surface area contributed by atoms with Crippen LogP contribution in [0.4, 0.5) is 0 Å². The average Bonchev–Trinajstić information content (AvgIpc) is 2.62. The zero-order chi connectivity index (χ0) is 9.26. The monoisotopic (exact) mass is 211 g/mol. The minimum atomic E-state index is 0.106. The number of hydrogen-bond donors (Lipinski definition) is 1. The number of phenolic OH excluding ortho intramolecular Hbond substituents is 1. The number of nitrogens with zero attached hydrogens (tertiary/aromatic N) is 1. The number of phenols is 1. The van der Waals surface area contributed by atoms with Crippen molar-refractivity contribution in [3.63, 3.8) is 0 Å². The van der Waals surface area contributed by atoms with E-state index in [4.69, 9.17) is 11.6 Å². The van der Waals surface area contributed by atoms with Gasteiger partial charge >= 0.3 is 0 Å². The number of halogens is 1. The zero-order valence-electron chi connectivity index (χ0n) is 6.57. The molecule has 0 saturated heterocycles. The van der Waals surface area contributed by atoms with E-state index >= 15 is 0 Å². The third-order valence-corrected chi connectivity index (χ3v) is 2.77. The van der Waals surface area contributed by atoms with Crippen LogP contribution in [0, 0.1) is 0 Å². The predicted octanol–water partition coefficient (Wildman–Crippen LogP) is 3.17. The average molecular weight is 212 g/mol. The quantitative estimate of drug-likeness (QED) is 0.786. The molecule has 2 rings (SSSR count). The third kappa shape index (κ3) is 1.66. The summed E-state index contributed by atoms with van der Waals surface area (Å²) in [5.41, 5.74) is 0.977. The second-order valence-corrected chi connectivity index (χ2v) is 3.78. The van der Waals surface area contributed by atoms with Gasteiger partial charge in [0.05, 0.1) is 9.90 Å². The van der Waals surface area contributed by atoms with E-state index in [1.54, 1.807) is 18.3 Å². The van der Waals surface area contributed by atoms with Crippen LogP contribution < -0.4 is 0 Å². The van der Waals surface area contributed by atoms with Crippen molar-refractivity contribution in [2.75, 3.05) is 0 Å². The van der Waals surface area contributed by atoms with E-state index in [-0.39, 0.29) is 5.75 Å². The fourth-order valence-corrected chi connectivity index (χ4v) is 1.79. The van der Waals surface area contributed by atoms with Gasteiger partial charge in [0.1, 0.15) is 5.75 Å². The zero-order valence-corrected chi connectivity index (χ0v) is 8.14. The van der Waals surface area contributed by atoms with Gasteiger partial charge in [0.2, 0.25) is 0 Å². The summed E-state index contributed by atoms with van der Waals surface area (Å²) in [5.74, 6) is 0.106. The first-order valence-corrected chi connectivity index (χ1v) is 4.82. The molecule has 1 aromatic carbocycles. The second kappa shape index (κ2) is 3.36. The van der Waals surface area contributed by atoms with Gasteiger partial charge in [-0.15, -0.1) is 0 Å². The van der Waals surface area contributed by atoms with Gasteiger partial charge in [-0.05, 0) is 41.4 Å². The molecule has 0 aliphatic heterocycles. The Morgan fingerprint density at radius 3 is 2.77 bits per heavy atom. The molecular formula is C9H6ClNOS. The van der Waals surface area contributed by atoms with Crippen LogP contribution in [0.3, 0.4) is 0 Å². The van der Waals surface area contributed by atoms with E-state index in [0.29, 0.717) is 5.02 Å². The van der Waals surface area contributed by atoms with Gasteiger partial charge in [-0.25, -0.2) is 4.37 Å². The summed E-state index contributed by atoms with van der Waals surface area (Å²) in [4.78, 5) is 1.04. The Bertz CT molecular complexity index is 414. The van der Waals surface area contributed by atoms with Crippen LogP contribution in [0.5, 0.6) is 5.75 Å². The topological polar surface area (TPSA) is 33.1 Å². The molecule has 0 radical (unpaired) electrons. The van der Waals surface area contributed by atoms with E-state index < -0.39 is 0 Å². The molecule has 0 fully saturated rings. The molecule has 0 atom stereocenters. The fraction of sp³-hybridized carbons (Fsp3) is 0.